The van der Waals surface area contributed by atoms with Crippen LogP contribution in [0.5, 0.6) is 0 Å². The molecule has 0 radical (unpaired) electrons. The molecule has 0 spiro atoms. The van der Waals surface area contributed by atoms with Crippen molar-refractivity contribution in [1.29, 1.82) is 0 Å². The van der Waals surface area contributed by atoms with E-state index in [0.29, 0.717) is 6.54 Å². The smallest absolute Gasteiger partial charge is 0.323 e. The van der Waals surface area contributed by atoms with Gasteiger partial charge in [-0.15, -0.1) is 0 Å². The molecule has 0 saturated carbocycles. The van der Waals surface area contributed by atoms with Gasteiger partial charge in [0, 0.05) is 32.0 Å². The molecule has 8 nitrogen and oxygen atoms in total. The Balaban J connectivity index is 2.44. The fourth-order valence-corrected chi connectivity index (χ4v) is 1.28. The number of aromatic nitrogens is 2. The highest BCUT2D eigenvalue weighted by Gasteiger charge is 2.15. The van der Waals surface area contributed by atoms with Crippen LogP contribution < -0.4 is 5.32 Å². The summed E-state index contributed by atoms with van der Waals surface area (Å²) in [4.78, 5) is 23.6. The first-order valence-electron chi connectivity index (χ1n) is 5.34. The lowest BCUT2D eigenvalue weighted by Gasteiger charge is -2.20. The van der Waals surface area contributed by atoms with Gasteiger partial charge in [-0.2, -0.15) is 5.10 Å². The number of carboxylic acids is 1. The SMILES string of the molecule is COCCN(CC(=O)O)C(=O)NCc1cn[nH]c1. The number of rotatable bonds is 7. The van der Waals surface area contributed by atoms with E-state index < -0.39 is 12.0 Å². The van der Waals surface area contributed by atoms with Crippen LogP contribution in [0.15, 0.2) is 12.4 Å². The van der Waals surface area contributed by atoms with E-state index in [4.69, 9.17) is 9.84 Å². The first-order valence-corrected chi connectivity index (χ1v) is 5.34. The summed E-state index contributed by atoms with van der Waals surface area (Å²) in [6, 6.07) is -0.448. The Morgan fingerprint density at radius 2 is 2.39 bits per heavy atom. The summed E-state index contributed by atoms with van der Waals surface area (Å²) in [5, 5.41) is 17.7. The number of hydrogen-bond donors (Lipinski definition) is 3. The van der Waals surface area contributed by atoms with Crippen LogP contribution >= 0.6 is 0 Å². The van der Waals surface area contributed by atoms with Gasteiger partial charge in [-0.3, -0.25) is 9.89 Å². The minimum atomic E-state index is -1.07. The van der Waals surface area contributed by atoms with Gasteiger partial charge in [0.2, 0.25) is 0 Å². The summed E-state index contributed by atoms with van der Waals surface area (Å²) >= 11 is 0. The zero-order chi connectivity index (χ0) is 13.4. The molecular weight excluding hydrogens is 240 g/mol. The highest BCUT2D eigenvalue weighted by atomic mass is 16.5. The summed E-state index contributed by atoms with van der Waals surface area (Å²) in [7, 11) is 1.49. The molecule has 0 bridgehead atoms. The van der Waals surface area contributed by atoms with Crippen molar-refractivity contribution in [2.24, 2.45) is 0 Å². The Morgan fingerprint density at radius 1 is 1.61 bits per heavy atom. The maximum absolute atomic E-state index is 11.7. The first kappa shape index (κ1) is 14.0. The van der Waals surface area contributed by atoms with E-state index in [-0.39, 0.29) is 19.7 Å². The molecule has 18 heavy (non-hydrogen) atoms. The number of ether oxygens (including phenoxy) is 1. The van der Waals surface area contributed by atoms with Gasteiger partial charge in [-0.1, -0.05) is 0 Å². The maximum Gasteiger partial charge on any atom is 0.323 e. The van der Waals surface area contributed by atoms with Crippen LogP contribution in [0.1, 0.15) is 5.56 Å². The molecule has 0 aliphatic rings. The number of carbonyl (C=O) groups is 2. The van der Waals surface area contributed by atoms with Crippen molar-refractivity contribution in [2.45, 2.75) is 6.54 Å². The standard InChI is InChI=1S/C10H16N4O4/c1-18-3-2-14(7-9(15)16)10(17)11-4-8-5-12-13-6-8/h5-6H,2-4,7H2,1H3,(H,11,17)(H,12,13)(H,15,16). The number of nitrogens with zero attached hydrogens (tertiary/aromatic N) is 2. The molecule has 8 heteroatoms. The van der Waals surface area contributed by atoms with E-state index >= 15 is 0 Å². The number of carboxylic acid groups (broad SMARTS) is 1. The van der Waals surface area contributed by atoms with Crippen LogP contribution in [0.2, 0.25) is 0 Å². The summed E-state index contributed by atoms with van der Waals surface area (Å²) < 4.78 is 4.82. The third kappa shape index (κ3) is 4.83. The van der Waals surface area contributed by atoms with Gasteiger partial charge in [-0.05, 0) is 0 Å². The average Bonchev–Trinajstić information content (AvgIpc) is 2.84. The normalized spacial score (nSPS) is 10.1. The third-order valence-electron chi connectivity index (χ3n) is 2.18. The van der Waals surface area contributed by atoms with E-state index in [1.807, 2.05) is 0 Å². The number of carbonyl (C=O) groups excluding carboxylic acids is 1. The van der Waals surface area contributed by atoms with Crippen molar-refractivity contribution in [3.05, 3.63) is 18.0 Å². The second-order valence-corrected chi connectivity index (χ2v) is 3.57. The minimum Gasteiger partial charge on any atom is -0.480 e. The van der Waals surface area contributed by atoms with E-state index in [9.17, 15) is 9.59 Å². The second kappa shape index (κ2) is 7.28. The monoisotopic (exact) mass is 256 g/mol. The lowest BCUT2D eigenvalue weighted by atomic mass is 10.3. The lowest BCUT2D eigenvalue weighted by Crippen LogP contribution is -2.44. The number of amides is 2. The van der Waals surface area contributed by atoms with Gasteiger partial charge < -0.3 is 20.1 Å². The number of hydrogen-bond acceptors (Lipinski definition) is 4. The molecule has 1 aromatic heterocycles. The maximum atomic E-state index is 11.7. The fourth-order valence-electron chi connectivity index (χ4n) is 1.28. The van der Waals surface area contributed by atoms with Crippen molar-refractivity contribution in [2.75, 3.05) is 26.8 Å². The number of nitrogens with one attached hydrogen (secondary N) is 2. The van der Waals surface area contributed by atoms with Crippen LogP contribution in [0, 0.1) is 0 Å². The number of H-pyrrole nitrogens is 1. The molecule has 0 unspecified atom stereocenters. The molecule has 100 valence electrons. The number of aromatic amines is 1. The molecule has 3 N–H and O–H groups in total. The average molecular weight is 256 g/mol. The Hall–Kier alpha value is -2.09. The van der Waals surface area contributed by atoms with Crippen LogP contribution in [0.4, 0.5) is 4.79 Å². The molecule has 1 rings (SSSR count). The molecule has 1 heterocycles. The van der Waals surface area contributed by atoms with Crippen molar-refractivity contribution in [3.8, 4) is 0 Å². The lowest BCUT2D eigenvalue weighted by molar-refractivity contribution is -0.137. The number of aliphatic carboxylic acids is 1. The topological polar surface area (TPSA) is 108 Å². The van der Waals surface area contributed by atoms with E-state index in [0.717, 1.165) is 5.56 Å². The van der Waals surface area contributed by atoms with E-state index in [2.05, 4.69) is 15.5 Å². The van der Waals surface area contributed by atoms with Gasteiger partial charge in [0.25, 0.3) is 0 Å². The Morgan fingerprint density at radius 3 is 2.94 bits per heavy atom. The van der Waals surface area contributed by atoms with Crippen molar-refractivity contribution < 1.29 is 19.4 Å². The molecule has 0 saturated heterocycles. The molecule has 0 aromatic carbocycles. The molecule has 0 aliphatic heterocycles. The van der Waals surface area contributed by atoms with Gasteiger partial charge in [0.1, 0.15) is 6.54 Å². The number of methoxy groups -OCH3 is 1. The summed E-state index contributed by atoms with van der Waals surface area (Å²) in [5.74, 6) is -1.07. The molecule has 0 aliphatic carbocycles. The van der Waals surface area contributed by atoms with E-state index in [1.54, 1.807) is 12.4 Å². The second-order valence-electron chi connectivity index (χ2n) is 3.57. The fraction of sp³-hybridized carbons (Fsp3) is 0.500. The summed E-state index contributed by atoms with van der Waals surface area (Å²) in [6.45, 7) is 0.436. The summed E-state index contributed by atoms with van der Waals surface area (Å²) in [6.07, 6.45) is 3.23. The summed E-state index contributed by atoms with van der Waals surface area (Å²) in [5.41, 5.74) is 0.811. The van der Waals surface area contributed by atoms with Crippen LogP contribution in [-0.4, -0.2) is 59.0 Å². The molecule has 1 aromatic rings. The zero-order valence-corrected chi connectivity index (χ0v) is 10.0. The highest BCUT2D eigenvalue weighted by molar-refractivity contribution is 5.80. The number of urea groups is 1. The largest absolute Gasteiger partial charge is 0.480 e. The van der Waals surface area contributed by atoms with Crippen LogP contribution in [0.3, 0.4) is 0 Å². The Labute approximate surface area is 104 Å². The third-order valence-corrected chi connectivity index (χ3v) is 2.18. The van der Waals surface area contributed by atoms with Crippen LogP contribution in [-0.2, 0) is 16.1 Å². The van der Waals surface area contributed by atoms with Crippen molar-refractivity contribution in [3.63, 3.8) is 0 Å². The van der Waals surface area contributed by atoms with Gasteiger partial charge in [0.15, 0.2) is 0 Å². The van der Waals surface area contributed by atoms with Gasteiger partial charge in [-0.25, -0.2) is 4.79 Å². The van der Waals surface area contributed by atoms with Gasteiger partial charge >= 0.3 is 12.0 Å². The van der Waals surface area contributed by atoms with Gasteiger partial charge in [0.05, 0.1) is 12.8 Å². The van der Waals surface area contributed by atoms with Crippen LogP contribution in [0.25, 0.3) is 0 Å². The molecular formula is C10H16N4O4. The van der Waals surface area contributed by atoms with Crippen molar-refractivity contribution >= 4 is 12.0 Å². The predicted molar refractivity (Wildman–Crippen MR) is 61.9 cm³/mol. The molecule has 0 fully saturated rings. The quantitative estimate of drug-likeness (QED) is 0.618. The van der Waals surface area contributed by atoms with E-state index in [1.165, 1.54) is 12.0 Å². The predicted octanol–water partition coefficient (Wildman–Crippen LogP) is -0.348. The first-order chi connectivity index (χ1) is 8.63. The Bertz CT molecular complexity index is 379. The Kier molecular flexibility index (Phi) is 5.65. The zero-order valence-electron chi connectivity index (χ0n) is 10.0. The highest BCUT2D eigenvalue weighted by Crippen LogP contribution is 1.95. The van der Waals surface area contributed by atoms with Crippen molar-refractivity contribution in [1.82, 2.24) is 20.4 Å². The molecule has 0 atom stereocenters. The minimum absolute atomic E-state index is 0.222. The molecule has 2 amide bonds.